The van der Waals surface area contributed by atoms with Crippen LogP contribution in [0.4, 0.5) is 0 Å². The van der Waals surface area contributed by atoms with E-state index in [1.807, 2.05) is 31.2 Å². The van der Waals surface area contributed by atoms with E-state index in [1.165, 1.54) is 17.8 Å². The van der Waals surface area contributed by atoms with Gasteiger partial charge in [0.05, 0.1) is 10.5 Å². The van der Waals surface area contributed by atoms with E-state index in [2.05, 4.69) is 35.1 Å². The molecule has 2 aromatic carbocycles. The summed E-state index contributed by atoms with van der Waals surface area (Å²) in [5.74, 6) is 0.325. The van der Waals surface area contributed by atoms with Crippen molar-refractivity contribution in [1.82, 2.24) is 9.62 Å². The summed E-state index contributed by atoms with van der Waals surface area (Å²) in [6.45, 7) is 8.75. The van der Waals surface area contributed by atoms with E-state index >= 15 is 0 Å². The van der Waals surface area contributed by atoms with Gasteiger partial charge in [-0.15, -0.1) is 0 Å². The first kappa shape index (κ1) is 27.2. The Kier molecular flexibility index (Phi) is 10.0. The van der Waals surface area contributed by atoms with E-state index in [4.69, 9.17) is 4.74 Å². The normalized spacial score (nSPS) is 19.2. The van der Waals surface area contributed by atoms with Gasteiger partial charge in [0.1, 0.15) is 0 Å². The monoisotopic (exact) mass is 568 g/mol. The number of hydrogen-bond acceptors (Lipinski definition) is 5. The second kappa shape index (κ2) is 12.5. The molecule has 9 heteroatoms. The molecule has 2 unspecified atom stereocenters. The summed E-state index contributed by atoms with van der Waals surface area (Å²) >= 11 is 4.88. The molecule has 0 radical (unpaired) electrons. The first-order valence-corrected chi connectivity index (χ1v) is 14.7. The van der Waals surface area contributed by atoms with Crippen LogP contribution in [-0.2, 0) is 14.8 Å². The molecule has 186 valence electrons. The maximum absolute atomic E-state index is 13.5. The topological polar surface area (TPSA) is 75.7 Å². The molecule has 1 aliphatic heterocycles. The Morgan fingerprint density at radius 2 is 1.82 bits per heavy atom. The molecule has 2 atom stereocenters. The van der Waals surface area contributed by atoms with Gasteiger partial charge in [0.2, 0.25) is 10.0 Å². The van der Waals surface area contributed by atoms with Gasteiger partial charge in [-0.25, -0.2) is 8.42 Å². The Bertz CT molecular complexity index is 1070. The van der Waals surface area contributed by atoms with Crippen molar-refractivity contribution in [2.45, 2.75) is 48.3 Å². The van der Waals surface area contributed by atoms with Crippen LogP contribution in [0.2, 0.25) is 0 Å². The average molecular weight is 570 g/mol. The Balaban J connectivity index is 1.89. The number of nitrogens with one attached hydrogen (secondary N) is 1. The van der Waals surface area contributed by atoms with E-state index in [-0.39, 0.29) is 10.8 Å². The second-order valence-electron chi connectivity index (χ2n) is 8.79. The number of amides is 1. The number of carbonyl (C=O) groups excluding carboxylic acids is 1. The Morgan fingerprint density at radius 3 is 2.47 bits per heavy atom. The van der Waals surface area contributed by atoms with Crippen molar-refractivity contribution >= 4 is 43.6 Å². The van der Waals surface area contributed by atoms with E-state index in [0.717, 1.165) is 15.8 Å². The fourth-order valence-corrected chi connectivity index (χ4v) is 7.03. The number of benzene rings is 2. The molecule has 0 spiro atoms. The Morgan fingerprint density at radius 1 is 1.15 bits per heavy atom. The number of sulfonamides is 1. The van der Waals surface area contributed by atoms with Crippen LogP contribution in [0.1, 0.15) is 44.0 Å². The van der Waals surface area contributed by atoms with Gasteiger partial charge >= 0.3 is 0 Å². The van der Waals surface area contributed by atoms with E-state index in [0.29, 0.717) is 61.6 Å². The van der Waals surface area contributed by atoms with Gasteiger partial charge in [-0.2, -0.15) is 4.31 Å². The maximum Gasteiger partial charge on any atom is 0.252 e. The van der Waals surface area contributed by atoms with Crippen molar-refractivity contribution < 1.29 is 17.9 Å². The summed E-state index contributed by atoms with van der Waals surface area (Å²) in [4.78, 5) is 15.0. The third kappa shape index (κ3) is 7.31. The summed E-state index contributed by atoms with van der Waals surface area (Å²) in [7, 11) is -3.69. The lowest BCUT2D eigenvalue weighted by Gasteiger charge is -2.34. The summed E-state index contributed by atoms with van der Waals surface area (Å²) in [5, 5.41) is 2.92. The van der Waals surface area contributed by atoms with Crippen LogP contribution in [0.3, 0.4) is 0 Å². The van der Waals surface area contributed by atoms with Crippen molar-refractivity contribution in [3.63, 3.8) is 0 Å². The van der Waals surface area contributed by atoms with Crippen LogP contribution >= 0.6 is 27.7 Å². The van der Waals surface area contributed by atoms with Gasteiger partial charge in [-0.1, -0.05) is 41.5 Å². The quantitative estimate of drug-likeness (QED) is 0.387. The zero-order valence-electron chi connectivity index (χ0n) is 19.9. The Hall–Kier alpha value is -1.39. The minimum absolute atomic E-state index is 0.161. The zero-order chi connectivity index (χ0) is 24.7. The van der Waals surface area contributed by atoms with Crippen LogP contribution in [-0.4, -0.2) is 51.5 Å². The van der Waals surface area contributed by atoms with E-state index < -0.39 is 10.0 Å². The molecule has 1 N–H and O–H groups in total. The smallest absolute Gasteiger partial charge is 0.252 e. The molecule has 2 aromatic rings. The SMILES string of the molecule is CCOCCCNC(=O)c1cc(S(=O)(=O)N2CC(C)CC(C)C2)ccc1Sc1ccc(Br)cc1. The first-order chi connectivity index (χ1) is 16.2. The number of carbonyl (C=O) groups is 1. The third-order valence-corrected chi connectivity index (χ3v) is 9.11. The molecule has 0 saturated carbocycles. The van der Waals surface area contributed by atoms with Gasteiger partial charge in [0, 0.05) is 47.1 Å². The standard InChI is InChI=1S/C25H33BrN2O4S2/c1-4-32-13-5-12-27-25(29)23-15-22(34(30,31)28-16-18(2)14-19(3)17-28)10-11-24(23)33-21-8-6-20(26)7-9-21/h6-11,15,18-19H,4-5,12-14,16-17H2,1-3H3,(H,27,29). The van der Waals surface area contributed by atoms with Crippen molar-refractivity contribution in [3.8, 4) is 0 Å². The minimum atomic E-state index is -3.69. The Labute approximate surface area is 216 Å². The van der Waals surface area contributed by atoms with Crippen molar-refractivity contribution in [1.29, 1.82) is 0 Å². The van der Waals surface area contributed by atoms with Crippen LogP contribution in [0.25, 0.3) is 0 Å². The zero-order valence-corrected chi connectivity index (χ0v) is 23.1. The third-order valence-electron chi connectivity index (χ3n) is 5.67. The number of piperidine rings is 1. The molecule has 1 fully saturated rings. The second-order valence-corrected chi connectivity index (χ2v) is 12.8. The molecule has 1 aliphatic rings. The fourth-order valence-electron chi connectivity index (χ4n) is 4.13. The minimum Gasteiger partial charge on any atom is -0.382 e. The molecule has 0 aliphatic carbocycles. The van der Waals surface area contributed by atoms with Gasteiger partial charge in [-0.3, -0.25) is 4.79 Å². The van der Waals surface area contributed by atoms with Crippen molar-refractivity contribution in [2.24, 2.45) is 11.8 Å². The highest BCUT2D eigenvalue weighted by molar-refractivity contribution is 9.10. The first-order valence-electron chi connectivity index (χ1n) is 11.6. The van der Waals surface area contributed by atoms with Crippen LogP contribution in [0.15, 0.2) is 61.6 Å². The predicted octanol–water partition coefficient (Wildman–Crippen LogP) is 5.42. The largest absolute Gasteiger partial charge is 0.382 e. The van der Waals surface area contributed by atoms with Gasteiger partial charge in [0.15, 0.2) is 0 Å². The average Bonchev–Trinajstić information content (AvgIpc) is 2.80. The molecule has 0 aromatic heterocycles. The summed E-state index contributed by atoms with van der Waals surface area (Å²) in [5.41, 5.74) is 0.364. The number of nitrogens with zero attached hydrogens (tertiary/aromatic N) is 1. The van der Waals surface area contributed by atoms with Crippen molar-refractivity contribution in [2.75, 3.05) is 32.8 Å². The maximum atomic E-state index is 13.5. The van der Waals surface area contributed by atoms with Crippen LogP contribution in [0, 0.1) is 11.8 Å². The lowest BCUT2D eigenvalue weighted by molar-refractivity contribution is 0.0941. The van der Waals surface area contributed by atoms with Gasteiger partial charge < -0.3 is 10.1 Å². The molecule has 6 nitrogen and oxygen atoms in total. The molecular formula is C25H33BrN2O4S2. The highest BCUT2D eigenvalue weighted by Crippen LogP contribution is 2.34. The molecule has 1 heterocycles. The number of hydrogen-bond donors (Lipinski definition) is 1. The number of rotatable bonds is 10. The van der Waals surface area contributed by atoms with Crippen LogP contribution < -0.4 is 5.32 Å². The lowest BCUT2D eigenvalue weighted by atomic mass is 9.94. The molecular weight excluding hydrogens is 536 g/mol. The summed E-state index contributed by atoms with van der Waals surface area (Å²) in [6, 6.07) is 12.7. The molecule has 1 amide bonds. The summed E-state index contributed by atoms with van der Waals surface area (Å²) < 4.78 is 34.8. The summed E-state index contributed by atoms with van der Waals surface area (Å²) in [6.07, 6.45) is 1.71. The van der Waals surface area contributed by atoms with Crippen LogP contribution in [0.5, 0.6) is 0 Å². The molecule has 3 rings (SSSR count). The van der Waals surface area contributed by atoms with E-state index in [9.17, 15) is 13.2 Å². The van der Waals surface area contributed by atoms with Crippen molar-refractivity contribution in [3.05, 3.63) is 52.5 Å². The molecule has 1 saturated heterocycles. The highest BCUT2D eigenvalue weighted by Gasteiger charge is 2.32. The van der Waals surface area contributed by atoms with Gasteiger partial charge in [-0.05, 0) is 74.1 Å². The predicted molar refractivity (Wildman–Crippen MR) is 140 cm³/mol. The number of halogens is 1. The fraction of sp³-hybridized carbons (Fsp3) is 0.480. The van der Waals surface area contributed by atoms with E-state index in [1.54, 1.807) is 16.4 Å². The number of ether oxygens (including phenoxy) is 1. The highest BCUT2D eigenvalue weighted by atomic mass is 79.9. The van der Waals surface area contributed by atoms with Gasteiger partial charge in [0.25, 0.3) is 5.91 Å². The molecule has 0 bridgehead atoms. The lowest BCUT2D eigenvalue weighted by Crippen LogP contribution is -2.42. The molecule has 34 heavy (non-hydrogen) atoms.